The highest BCUT2D eigenvalue weighted by Crippen LogP contribution is 1.70. The number of carboxylic acid groups (broad SMARTS) is 1. The molecule has 0 fully saturated rings. The minimum Gasteiger partial charge on any atom is -0.479 e. The highest BCUT2D eigenvalue weighted by atomic mass is 32.2. The van der Waals surface area contributed by atoms with Gasteiger partial charge < -0.3 is 5.11 Å². The number of rotatable bonds is 3. The summed E-state index contributed by atoms with van der Waals surface area (Å²) in [5, 5.41) is 7.77. The first-order chi connectivity index (χ1) is 3.63. The molecule has 0 saturated heterocycles. The number of aliphatic carboxylic acids is 1. The lowest BCUT2D eigenvalue weighted by Gasteiger charge is -1.84. The Bertz CT molecular complexity index is 139. The van der Waals surface area contributed by atoms with Crippen molar-refractivity contribution >= 4 is 17.0 Å². The van der Waals surface area contributed by atoms with Crippen LogP contribution in [0.1, 0.15) is 0 Å². The van der Waals surface area contributed by atoms with Gasteiger partial charge >= 0.3 is 5.97 Å². The van der Waals surface area contributed by atoms with Crippen LogP contribution >= 0.6 is 0 Å². The SMILES string of the molecule is O=C(O)CO[SH](=O)=O. The first-order valence-electron chi connectivity index (χ1n) is 1.62. The summed E-state index contributed by atoms with van der Waals surface area (Å²) in [7, 11) is -3.01. The monoisotopic (exact) mass is 140 g/mol. The average Bonchev–Trinajstić information content (AvgIpc) is 1.61. The summed E-state index contributed by atoms with van der Waals surface area (Å²) in [4.78, 5) is 9.51. The molecule has 0 aliphatic carbocycles. The molecular weight excluding hydrogens is 136 g/mol. The zero-order valence-electron chi connectivity index (χ0n) is 3.73. The number of carboxylic acids is 1. The summed E-state index contributed by atoms with van der Waals surface area (Å²) in [6.07, 6.45) is 0. The maximum absolute atomic E-state index is 9.51. The summed E-state index contributed by atoms with van der Waals surface area (Å²) >= 11 is 0. The van der Waals surface area contributed by atoms with Gasteiger partial charge in [-0.1, -0.05) is 0 Å². The van der Waals surface area contributed by atoms with Crippen molar-refractivity contribution in [2.24, 2.45) is 0 Å². The van der Waals surface area contributed by atoms with Gasteiger partial charge in [0.2, 0.25) is 0 Å². The zero-order chi connectivity index (χ0) is 6.57. The third-order valence-corrected chi connectivity index (χ3v) is 0.633. The number of hydrogen-bond acceptors (Lipinski definition) is 4. The lowest BCUT2D eigenvalue weighted by atomic mass is 10.8. The van der Waals surface area contributed by atoms with Crippen LogP contribution in [0.3, 0.4) is 0 Å². The van der Waals surface area contributed by atoms with E-state index in [0.29, 0.717) is 0 Å². The Hall–Kier alpha value is -0.620. The van der Waals surface area contributed by atoms with Crippen molar-refractivity contribution in [3.05, 3.63) is 0 Å². The van der Waals surface area contributed by atoms with Crippen molar-refractivity contribution in [3.63, 3.8) is 0 Å². The maximum atomic E-state index is 9.51. The lowest BCUT2D eigenvalue weighted by Crippen LogP contribution is -2.05. The van der Waals surface area contributed by atoms with Gasteiger partial charge in [0.05, 0.1) is 0 Å². The summed E-state index contributed by atoms with van der Waals surface area (Å²) in [5.74, 6) is -1.30. The molecule has 0 aromatic rings. The maximum Gasteiger partial charge on any atom is 0.331 e. The van der Waals surface area contributed by atoms with Gasteiger partial charge in [-0.05, 0) is 0 Å². The molecule has 48 valence electrons. The standard InChI is InChI=1S/C2H4O5S/c3-2(4)1-7-8(5)6/h8H,1H2,(H,3,4). The van der Waals surface area contributed by atoms with E-state index in [1.54, 1.807) is 0 Å². The molecule has 1 N–H and O–H groups in total. The van der Waals surface area contributed by atoms with Crippen LogP contribution in [-0.4, -0.2) is 26.1 Å². The van der Waals surface area contributed by atoms with Crippen LogP contribution in [0.2, 0.25) is 0 Å². The topological polar surface area (TPSA) is 80.7 Å². The highest BCUT2D eigenvalue weighted by Gasteiger charge is 1.94. The number of hydrogen-bond donors (Lipinski definition) is 2. The van der Waals surface area contributed by atoms with Gasteiger partial charge in [-0.15, -0.1) is 0 Å². The van der Waals surface area contributed by atoms with E-state index in [4.69, 9.17) is 5.11 Å². The van der Waals surface area contributed by atoms with Crippen molar-refractivity contribution in [2.45, 2.75) is 0 Å². The van der Waals surface area contributed by atoms with Gasteiger partial charge in [0.15, 0.2) is 6.61 Å². The van der Waals surface area contributed by atoms with Crippen LogP contribution in [0.4, 0.5) is 0 Å². The quantitative estimate of drug-likeness (QED) is 0.472. The molecule has 0 aromatic heterocycles. The molecule has 0 atom stereocenters. The van der Waals surface area contributed by atoms with Crippen molar-refractivity contribution < 1.29 is 22.5 Å². The Morgan fingerprint density at radius 3 is 2.25 bits per heavy atom. The molecule has 0 aliphatic rings. The van der Waals surface area contributed by atoms with Gasteiger partial charge in [0.1, 0.15) is 0 Å². The Kier molecular flexibility index (Phi) is 3.13. The van der Waals surface area contributed by atoms with Gasteiger partial charge in [-0.25, -0.2) is 13.2 Å². The Morgan fingerprint density at radius 1 is 1.62 bits per heavy atom. The molecule has 0 heterocycles. The molecule has 6 heteroatoms. The summed E-state index contributed by atoms with van der Waals surface area (Å²) in [6, 6.07) is 0. The van der Waals surface area contributed by atoms with Crippen molar-refractivity contribution in [3.8, 4) is 0 Å². The van der Waals surface area contributed by atoms with Gasteiger partial charge in [0, 0.05) is 0 Å². The van der Waals surface area contributed by atoms with Crippen LogP contribution in [0, 0.1) is 0 Å². The summed E-state index contributed by atoms with van der Waals surface area (Å²) in [6.45, 7) is -0.793. The van der Waals surface area contributed by atoms with E-state index in [2.05, 4.69) is 4.18 Å². The van der Waals surface area contributed by atoms with E-state index >= 15 is 0 Å². The fraction of sp³-hybridized carbons (Fsp3) is 0.500. The lowest BCUT2D eigenvalue weighted by molar-refractivity contribution is -0.139. The predicted molar refractivity (Wildman–Crippen MR) is 23.9 cm³/mol. The molecule has 8 heavy (non-hydrogen) atoms. The van der Waals surface area contributed by atoms with Crippen LogP contribution in [0.5, 0.6) is 0 Å². The van der Waals surface area contributed by atoms with E-state index < -0.39 is 23.6 Å². The Morgan fingerprint density at radius 2 is 2.12 bits per heavy atom. The molecule has 0 radical (unpaired) electrons. The second-order valence-corrected chi connectivity index (χ2v) is 1.60. The first-order valence-corrected chi connectivity index (χ1v) is 2.71. The van der Waals surface area contributed by atoms with E-state index in [9.17, 15) is 13.2 Å². The minimum absolute atomic E-state index is 0.793. The number of thiol groups is 1. The normalized spacial score (nSPS) is 9.62. The molecule has 0 bridgehead atoms. The molecule has 0 rings (SSSR count). The third kappa shape index (κ3) is 5.38. The molecule has 0 amide bonds. The van der Waals surface area contributed by atoms with Crippen molar-refractivity contribution in [1.82, 2.24) is 0 Å². The molecule has 0 aromatic carbocycles. The zero-order valence-corrected chi connectivity index (χ0v) is 4.63. The van der Waals surface area contributed by atoms with Crippen LogP contribution in [-0.2, 0) is 20.0 Å². The first kappa shape index (κ1) is 7.38. The average molecular weight is 140 g/mol. The predicted octanol–water partition coefficient (Wildman–Crippen LogP) is -1.39. The fourth-order valence-electron chi connectivity index (χ4n) is 0.108. The van der Waals surface area contributed by atoms with Crippen molar-refractivity contribution in [2.75, 3.05) is 6.61 Å². The fourth-order valence-corrected chi connectivity index (χ4v) is 0.324. The second-order valence-electron chi connectivity index (χ2n) is 0.891. The van der Waals surface area contributed by atoms with Gasteiger partial charge in [-0.2, -0.15) is 0 Å². The Balaban J connectivity index is 3.32. The largest absolute Gasteiger partial charge is 0.479 e. The van der Waals surface area contributed by atoms with Crippen molar-refractivity contribution in [1.29, 1.82) is 0 Å². The molecule has 0 aliphatic heterocycles. The van der Waals surface area contributed by atoms with Crippen LogP contribution in [0.15, 0.2) is 0 Å². The smallest absolute Gasteiger partial charge is 0.331 e. The number of carbonyl (C=O) groups is 1. The summed E-state index contributed by atoms with van der Waals surface area (Å²) < 4.78 is 22.6. The van der Waals surface area contributed by atoms with Gasteiger partial charge in [-0.3, -0.25) is 4.18 Å². The molecule has 0 saturated carbocycles. The molecule has 0 spiro atoms. The second kappa shape index (κ2) is 3.39. The minimum atomic E-state index is -3.01. The van der Waals surface area contributed by atoms with Crippen LogP contribution < -0.4 is 0 Å². The molecular formula is C2H4O5S. The molecule has 0 unspecified atom stereocenters. The van der Waals surface area contributed by atoms with E-state index in [1.165, 1.54) is 0 Å². The van der Waals surface area contributed by atoms with E-state index in [1.807, 2.05) is 0 Å². The van der Waals surface area contributed by atoms with Gasteiger partial charge in [0.25, 0.3) is 11.0 Å². The van der Waals surface area contributed by atoms with E-state index in [-0.39, 0.29) is 0 Å². The molecule has 5 nitrogen and oxygen atoms in total. The third-order valence-electron chi connectivity index (χ3n) is 0.293. The highest BCUT2D eigenvalue weighted by molar-refractivity contribution is 7.67. The summed E-state index contributed by atoms with van der Waals surface area (Å²) in [5.41, 5.74) is 0. The van der Waals surface area contributed by atoms with Crippen LogP contribution in [0.25, 0.3) is 0 Å². The van der Waals surface area contributed by atoms with E-state index in [0.717, 1.165) is 0 Å². The Labute approximate surface area is 47.0 Å².